The second kappa shape index (κ2) is 6.99. The van der Waals surface area contributed by atoms with Crippen molar-refractivity contribution in [2.75, 3.05) is 13.7 Å². The van der Waals surface area contributed by atoms with E-state index in [0.29, 0.717) is 11.5 Å². The van der Waals surface area contributed by atoms with Crippen molar-refractivity contribution < 1.29 is 18.3 Å². The maximum absolute atomic E-state index is 13.8. The van der Waals surface area contributed by atoms with Crippen LogP contribution in [-0.4, -0.2) is 29.5 Å². The van der Waals surface area contributed by atoms with Crippen LogP contribution < -0.4 is 15.6 Å². The van der Waals surface area contributed by atoms with Gasteiger partial charge >= 0.3 is 0 Å². The summed E-state index contributed by atoms with van der Waals surface area (Å²) in [5, 5.41) is 2.38. The minimum Gasteiger partial charge on any atom is -0.497 e. The highest BCUT2D eigenvalue weighted by atomic mass is 19.1. The Bertz CT molecular complexity index is 767. The lowest BCUT2D eigenvalue weighted by Crippen LogP contribution is -2.28. The standard InChI is InChI=1S/C15H15F2N3O3/c1-8-5-13(21)20-12(19-8)3-4-18-15(22)14-10(16)6-9(23-2)7-11(14)17/h5-7H,3-4H2,1-2H3,(H,18,22)(H,19,20,21). The summed E-state index contributed by atoms with van der Waals surface area (Å²) >= 11 is 0. The molecule has 8 heteroatoms. The Balaban J connectivity index is 2.04. The lowest BCUT2D eigenvalue weighted by molar-refractivity contribution is 0.0945. The van der Waals surface area contributed by atoms with Gasteiger partial charge in [0.15, 0.2) is 0 Å². The first kappa shape index (κ1) is 16.6. The van der Waals surface area contributed by atoms with Gasteiger partial charge in [-0.25, -0.2) is 13.8 Å². The van der Waals surface area contributed by atoms with Gasteiger partial charge in [-0.3, -0.25) is 9.59 Å². The van der Waals surface area contributed by atoms with E-state index in [9.17, 15) is 18.4 Å². The van der Waals surface area contributed by atoms with Crippen molar-refractivity contribution in [1.29, 1.82) is 0 Å². The fourth-order valence-corrected chi connectivity index (χ4v) is 2.03. The zero-order valence-electron chi connectivity index (χ0n) is 12.6. The maximum atomic E-state index is 13.8. The lowest BCUT2D eigenvalue weighted by atomic mass is 10.1. The number of aryl methyl sites for hydroxylation is 1. The molecule has 6 nitrogen and oxygen atoms in total. The van der Waals surface area contributed by atoms with Crippen LogP contribution in [0.3, 0.4) is 0 Å². The monoisotopic (exact) mass is 323 g/mol. The number of hydrogen-bond donors (Lipinski definition) is 2. The fraction of sp³-hybridized carbons (Fsp3) is 0.267. The molecule has 1 aromatic carbocycles. The van der Waals surface area contributed by atoms with E-state index >= 15 is 0 Å². The van der Waals surface area contributed by atoms with Crippen LogP contribution in [0, 0.1) is 18.6 Å². The van der Waals surface area contributed by atoms with Crippen molar-refractivity contribution in [1.82, 2.24) is 15.3 Å². The Morgan fingerprint density at radius 1 is 1.30 bits per heavy atom. The number of nitrogens with one attached hydrogen (secondary N) is 2. The van der Waals surface area contributed by atoms with E-state index in [2.05, 4.69) is 15.3 Å². The number of methoxy groups -OCH3 is 1. The van der Waals surface area contributed by atoms with Gasteiger partial charge in [-0.2, -0.15) is 0 Å². The first-order valence-electron chi connectivity index (χ1n) is 6.78. The third-order valence-corrected chi connectivity index (χ3v) is 3.04. The molecule has 0 radical (unpaired) electrons. The molecule has 0 fully saturated rings. The van der Waals surface area contributed by atoms with Crippen LogP contribution in [0.15, 0.2) is 23.0 Å². The first-order chi connectivity index (χ1) is 10.9. The summed E-state index contributed by atoms with van der Waals surface area (Å²) in [6.07, 6.45) is 0.224. The van der Waals surface area contributed by atoms with Crippen molar-refractivity contribution in [3.8, 4) is 5.75 Å². The predicted octanol–water partition coefficient (Wildman–Crippen LogP) is 1.34. The maximum Gasteiger partial charge on any atom is 0.257 e. The number of aromatic amines is 1. The largest absolute Gasteiger partial charge is 0.497 e. The number of nitrogens with zero attached hydrogens (tertiary/aromatic N) is 1. The summed E-state index contributed by atoms with van der Waals surface area (Å²) in [7, 11) is 1.27. The highest BCUT2D eigenvalue weighted by Crippen LogP contribution is 2.20. The summed E-state index contributed by atoms with van der Waals surface area (Å²) in [6.45, 7) is 1.73. The molecule has 1 amide bonds. The van der Waals surface area contributed by atoms with Crippen LogP contribution in [-0.2, 0) is 6.42 Å². The number of hydrogen-bond acceptors (Lipinski definition) is 4. The number of carbonyl (C=O) groups is 1. The average molecular weight is 323 g/mol. The van der Waals surface area contributed by atoms with E-state index in [1.54, 1.807) is 6.92 Å². The number of H-pyrrole nitrogens is 1. The number of ether oxygens (including phenoxy) is 1. The molecule has 1 heterocycles. The van der Waals surface area contributed by atoms with Crippen molar-refractivity contribution in [3.63, 3.8) is 0 Å². The molecule has 1 aromatic heterocycles. The van der Waals surface area contributed by atoms with Crippen molar-refractivity contribution >= 4 is 5.91 Å². The Labute approximate surface area is 130 Å². The predicted molar refractivity (Wildman–Crippen MR) is 78.5 cm³/mol. The molecule has 0 saturated carbocycles. The van der Waals surface area contributed by atoms with Gasteiger partial charge in [-0.05, 0) is 6.92 Å². The van der Waals surface area contributed by atoms with Crippen molar-refractivity contribution in [2.24, 2.45) is 0 Å². The molecule has 2 aromatic rings. The molecule has 0 aliphatic heterocycles. The van der Waals surface area contributed by atoms with E-state index in [1.807, 2.05) is 0 Å². The van der Waals surface area contributed by atoms with Crippen LogP contribution in [0.2, 0.25) is 0 Å². The smallest absolute Gasteiger partial charge is 0.257 e. The summed E-state index contributed by atoms with van der Waals surface area (Å²) in [4.78, 5) is 29.8. The summed E-state index contributed by atoms with van der Waals surface area (Å²) in [5.74, 6) is -2.55. The molecule has 0 spiro atoms. The van der Waals surface area contributed by atoms with E-state index in [1.165, 1.54) is 13.2 Å². The third-order valence-electron chi connectivity index (χ3n) is 3.04. The van der Waals surface area contributed by atoms with Crippen molar-refractivity contribution in [2.45, 2.75) is 13.3 Å². The number of rotatable bonds is 5. The van der Waals surface area contributed by atoms with Crippen LogP contribution in [0.1, 0.15) is 21.9 Å². The van der Waals surface area contributed by atoms with E-state index in [4.69, 9.17) is 4.74 Å². The van der Waals surface area contributed by atoms with E-state index < -0.39 is 23.1 Å². The Hall–Kier alpha value is -2.77. The molecular weight excluding hydrogens is 308 g/mol. The van der Waals surface area contributed by atoms with Gasteiger partial charge in [0.1, 0.15) is 28.8 Å². The molecule has 2 N–H and O–H groups in total. The molecule has 122 valence electrons. The summed E-state index contributed by atoms with van der Waals surface area (Å²) < 4.78 is 32.2. The number of benzene rings is 1. The Morgan fingerprint density at radius 3 is 2.52 bits per heavy atom. The Morgan fingerprint density at radius 2 is 1.96 bits per heavy atom. The van der Waals surface area contributed by atoms with Crippen molar-refractivity contribution in [3.05, 3.63) is 57.3 Å². The Kier molecular flexibility index (Phi) is 5.05. The molecule has 0 saturated heterocycles. The molecule has 2 rings (SSSR count). The second-order valence-electron chi connectivity index (χ2n) is 4.81. The second-order valence-corrected chi connectivity index (χ2v) is 4.81. The minimum atomic E-state index is -1.01. The summed E-state index contributed by atoms with van der Waals surface area (Å²) in [5.41, 5.74) is -0.440. The van der Waals surface area contributed by atoms with E-state index in [-0.39, 0.29) is 24.3 Å². The molecular formula is C15H15F2N3O3. The van der Waals surface area contributed by atoms with Crippen LogP contribution in [0.4, 0.5) is 8.78 Å². The molecule has 0 aliphatic rings. The van der Waals surface area contributed by atoms with Crippen LogP contribution in [0.5, 0.6) is 5.75 Å². The third kappa shape index (κ3) is 4.12. The minimum absolute atomic E-state index is 0.0157. The zero-order valence-corrected chi connectivity index (χ0v) is 12.6. The summed E-state index contributed by atoms with van der Waals surface area (Å²) in [6, 6.07) is 3.19. The fourth-order valence-electron chi connectivity index (χ4n) is 2.03. The molecule has 0 bridgehead atoms. The zero-order chi connectivity index (χ0) is 17.0. The number of carbonyl (C=O) groups excluding carboxylic acids is 1. The topological polar surface area (TPSA) is 84.1 Å². The van der Waals surface area contributed by atoms with Gasteiger partial charge in [0, 0.05) is 36.9 Å². The van der Waals surface area contributed by atoms with Gasteiger partial charge in [0.05, 0.1) is 7.11 Å². The molecule has 0 aliphatic carbocycles. The van der Waals surface area contributed by atoms with Crippen LogP contribution in [0.25, 0.3) is 0 Å². The van der Waals surface area contributed by atoms with Gasteiger partial charge in [-0.1, -0.05) is 0 Å². The molecule has 23 heavy (non-hydrogen) atoms. The quantitative estimate of drug-likeness (QED) is 0.870. The van der Waals surface area contributed by atoms with Gasteiger partial charge < -0.3 is 15.0 Å². The van der Waals surface area contributed by atoms with Gasteiger partial charge in [0.2, 0.25) is 0 Å². The average Bonchev–Trinajstić information content (AvgIpc) is 2.45. The lowest BCUT2D eigenvalue weighted by Gasteiger charge is -2.08. The molecule has 0 unspecified atom stereocenters. The van der Waals surface area contributed by atoms with Gasteiger partial charge in [0.25, 0.3) is 11.5 Å². The van der Waals surface area contributed by atoms with E-state index in [0.717, 1.165) is 12.1 Å². The van der Waals surface area contributed by atoms with Crippen LogP contribution >= 0.6 is 0 Å². The SMILES string of the molecule is COc1cc(F)c(C(=O)NCCc2nc(C)cc(=O)[nH]2)c(F)c1. The highest BCUT2D eigenvalue weighted by Gasteiger charge is 2.18. The molecule has 0 atom stereocenters. The number of aromatic nitrogens is 2. The van der Waals surface area contributed by atoms with Gasteiger partial charge in [-0.15, -0.1) is 0 Å². The number of halogens is 2. The first-order valence-corrected chi connectivity index (χ1v) is 6.78. The number of amides is 1. The highest BCUT2D eigenvalue weighted by molar-refractivity contribution is 5.94. The normalized spacial score (nSPS) is 10.4.